The Balaban J connectivity index is 2.60. The second kappa shape index (κ2) is 4.22. The van der Waals surface area contributed by atoms with Gasteiger partial charge in [-0.3, -0.25) is 0 Å². The molecule has 2 aromatic rings. The maximum absolute atomic E-state index is 13.6. The molecule has 2 nitrogen and oxygen atoms in total. The van der Waals surface area contributed by atoms with E-state index in [0.29, 0.717) is 5.56 Å². The normalized spacial score (nSPS) is 10.8. The third-order valence-corrected chi connectivity index (χ3v) is 2.57. The second-order valence-corrected chi connectivity index (χ2v) is 3.66. The molecular weight excluding hydrogens is 236 g/mol. The summed E-state index contributed by atoms with van der Waals surface area (Å²) < 4.78 is 31.8. The molecule has 0 saturated heterocycles. The minimum atomic E-state index is -0.554. The highest BCUT2D eigenvalue weighted by molar-refractivity contribution is 6.17. The van der Waals surface area contributed by atoms with Crippen molar-refractivity contribution in [3.05, 3.63) is 41.1 Å². The molecule has 1 heterocycles. The number of alkyl halides is 1. The van der Waals surface area contributed by atoms with Gasteiger partial charge >= 0.3 is 0 Å². The summed E-state index contributed by atoms with van der Waals surface area (Å²) in [7, 11) is 0. The zero-order chi connectivity index (χ0) is 11.7. The molecular formula is C11H8ClF2NO. The topological polar surface area (TPSA) is 26.0 Å². The number of aryl methyl sites for hydroxylation is 1. The first kappa shape index (κ1) is 11.1. The largest absolute Gasteiger partial charge is 0.356 e. The van der Waals surface area contributed by atoms with Crippen molar-refractivity contribution in [2.45, 2.75) is 12.8 Å². The molecule has 1 aromatic carbocycles. The predicted molar refractivity (Wildman–Crippen MR) is 56.1 cm³/mol. The van der Waals surface area contributed by atoms with E-state index in [1.54, 1.807) is 0 Å². The highest BCUT2D eigenvalue weighted by Gasteiger charge is 2.16. The fourth-order valence-electron chi connectivity index (χ4n) is 1.40. The average molecular weight is 244 g/mol. The summed E-state index contributed by atoms with van der Waals surface area (Å²) in [6, 6.07) is 2.20. The average Bonchev–Trinajstić information content (AvgIpc) is 2.71. The molecule has 1 aromatic heterocycles. The zero-order valence-electron chi connectivity index (χ0n) is 8.43. The first-order valence-electron chi connectivity index (χ1n) is 4.59. The van der Waals surface area contributed by atoms with Crippen molar-refractivity contribution in [3.63, 3.8) is 0 Å². The van der Waals surface area contributed by atoms with Crippen LogP contribution in [-0.2, 0) is 5.88 Å². The molecule has 16 heavy (non-hydrogen) atoms. The Hall–Kier alpha value is -1.42. The van der Waals surface area contributed by atoms with E-state index in [2.05, 4.69) is 5.16 Å². The molecule has 0 amide bonds. The summed E-state index contributed by atoms with van der Waals surface area (Å²) in [5.74, 6) is -0.741. The number of nitrogens with zero attached hydrogens (tertiary/aromatic N) is 1. The van der Waals surface area contributed by atoms with E-state index in [-0.39, 0.29) is 22.8 Å². The molecule has 0 atom stereocenters. The smallest absolute Gasteiger partial charge is 0.174 e. The summed E-state index contributed by atoms with van der Waals surface area (Å²) in [5.41, 5.74) is 0.813. The lowest BCUT2D eigenvalue weighted by Crippen LogP contribution is -1.91. The molecule has 0 aliphatic heterocycles. The van der Waals surface area contributed by atoms with Crippen LogP contribution in [0.15, 0.2) is 22.9 Å². The van der Waals surface area contributed by atoms with Crippen molar-refractivity contribution in [3.8, 4) is 11.3 Å². The van der Waals surface area contributed by atoms with Gasteiger partial charge < -0.3 is 4.52 Å². The first-order chi connectivity index (χ1) is 7.63. The Kier molecular flexibility index (Phi) is 2.92. The van der Waals surface area contributed by atoms with E-state index in [9.17, 15) is 8.78 Å². The Bertz CT molecular complexity index is 525. The summed E-state index contributed by atoms with van der Waals surface area (Å²) in [4.78, 5) is 0. The van der Waals surface area contributed by atoms with Crippen LogP contribution in [0.3, 0.4) is 0 Å². The second-order valence-electron chi connectivity index (χ2n) is 3.40. The number of halogens is 3. The van der Waals surface area contributed by atoms with Gasteiger partial charge in [-0.1, -0.05) is 5.16 Å². The van der Waals surface area contributed by atoms with Gasteiger partial charge in [-0.15, -0.1) is 11.6 Å². The van der Waals surface area contributed by atoms with Gasteiger partial charge in [0.2, 0.25) is 0 Å². The van der Waals surface area contributed by atoms with Gasteiger partial charge in [-0.2, -0.15) is 0 Å². The van der Waals surface area contributed by atoms with Crippen LogP contribution >= 0.6 is 11.6 Å². The zero-order valence-corrected chi connectivity index (χ0v) is 9.18. The van der Waals surface area contributed by atoms with Crippen LogP contribution in [-0.4, -0.2) is 5.16 Å². The van der Waals surface area contributed by atoms with Crippen LogP contribution < -0.4 is 0 Å². The maximum atomic E-state index is 13.6. The van der Waals surface area contributed by atoms with Crippen molar-refractivity contribution in [2.75, 3.05) is 0 Å². The number of hydrogen-bond acceptors (Lipinski definition) is 2. The van der Waals surface area contributed by atoms with Gasteiger partial charge in [0.1, 0.15) is 11.6 Å². The van der Waals surface area contributed by atoms with Crippen molar-refractivity contribution < 1.29 is 13.3 Å². The summed E-state index contributed by atoms with van der Waals surface area (Å²) >= 11 is 5.63. The van der Waals surface area contributed by atoms with Crippen molar-refractivity contribution in [1.82, 2.24) is 5.16 Å². The van der Waals surface area contributed by atoms with Crippen molar-refractivity contribution in [1.29, 1.82) is 0 Å². The minimum absolute atomic E-state index is 0.0382. The molecule has 0 N–H and O–H groups in total. The van der Waals surface area contributed by atoms with E-state index >= 15 is 0 Å². The number of aromatic nitrogens is 1. The van der Waals surface area contributed by atoms with Crippen LogP contribution in [0, 0.1) is 18.6 Å². The molecule has 0 saturated carbocycles. The summed E-state index contributed by atoms with van der Waals surface area (Å²) in [6.07, 6.45) is 1.39. The Morgan fingerprint density at radius 1 is 1.31 bits per heavy atom. The number of hydrogen-bond donors (Lipinski definition) is 0. The predicted octanol–water partition coefficient (Wildman–Crippen LogP) is 3.67. The third-order valence-electron chi connectivity index (χ3n) is 2.28. The standard InChI is InChI=1S/C11H8ClF2NO/c1-6-2-10(14)8(3-9(6)13)11-7(4-12)5-15-16-11/h2-3,5H,4H2,1H3. The van der Waals surface area contributed by atoms with Gasteiger partial charge in [-0.05, 0) is 24.6 Å². The molecule has 0 aliphatic rings. The first-order valence-corrected chi connectivity index (χ1v) is 5.12. The maximum Gasteiger partial charge on any atom is 0.174 e. The molecule has 0 bridgehead atoms. The fourth-order valence-corrected chi connectivity index (χ4v) is 1.59. The lowest BCUT2D eigenvalue weighted by atomic mass is 10.1. The third kappa shape index (κ3) is 1.80. The van der Waals surface area contributed by atoms with Gasteiger partial charge in [0.05, 0.1) is 17.6 Å². The summed E-state index contributed by atoms with van der Waals surface area (Å²) in [6.45, 7) is 1.49. The molecule has 0 unspecified atom stereocenters. The van der Waals surface area contributed by atoms with Crippen LogP contribution in [0.4, 0.5) is 8.78 Å². The molecule has 5 heteroatoms. The monoisotopic (exact) mass is 243 g/mol. The van der Waals surface area contributed by atoms with Gasteiger partial charge in [-0.25, -0.2) is 8.78 Å². The molecule has 84 valence electrons. The van der Waals surface area contributed by atoms with Gasteiger partial charge in [0.15, 0.2) is 5.76 Å². The van der Waals surface area contributed by atoms with Crippen molar-refractivity contribution >= 4 is 11.6 Å². The molecule has 0 fully saturated rings. The Morgan fingerprint density at radius 3 is 2.75 bits per heavy atom. The van der Waals surface area contributed by atoms with Crippen molar-refractivity contribution in [2.24, 2.45) is 0 Å². The van der Waals surface area contributed by atoms with E-state index in [0.717, 1.165) is 12.1 Å². The Labute approximate surface area is 95.8 Å². The van der Waals surface area contributed by atoms with E-state index in [4.69, 9.17) is 16.1 Å². The van der Waals surface area contributed by atoms with E-state index < -0.39 is 11.6 Å². The Morgan fingerprint density at radius 2 is 2.06 bits per heavy atom. The van der Waals surface area contributed by atoms with Crippen LogP contribution in [0.25, 0.3) is 11.3 Å². The molecule has 0 radical (unpaired) electrons. The SMILES string of the molecule is Cc1cc(F)c(-c2oncc2CCl)cc1F. The van der Waals surface area contributed by atoms with Gasteiger partial charge in [0, 0.05) is 5.56 Å². The van der Waals surface area contributed by atoms with Crippen LogP contribution in [0.1, 0.15) is 11.1 Å². The lowest BCUT2D eigenvalue weighted by Gasteiger charge is -2.03. The molecule has 2 rings (SSSR count). The fraction of sp³-hybridized carbons (Fsp3) is 0.182. The van der Waals surface area contributed by atoms with Gasteiger partial charge in [0.25, 0.3) is 0 Å². The van der Waals surface area contributed by atoms with E-state index in [1.165, 1.54) is 13.1 Å². The minimum Gasteiger partial charge on any atom is -0.356 e. The molecule has 0 spiro atoms. The highest BCUT2D eigenvalue weighted by Crippen LogP contribution is 2.29. The lowest BCUT2D eigenvalue weighted by molar-refractivity contribution is 0.429. The molecule has 0 aliphatic carbocycles. The highest BCUT2D eigenvalue weighted by atomic mass is 35.5. The van der Waals surface area contributed by atoms with Crippen LogP contribution in [0.5, 0.6) is 0 Å². The number of benzene rings is 1. The quantitative estimate of drug-likeness (QED) is 0.753. The number of rotatable bonds is 2. The summed E-state index contributed by atoms with van der Waals surface area (Å²) in [5, 5.41) is 3.51. The van der Waals surface area contributed by atoms with Crippen LogP contribution in [0.2, 0.25) is 0 Å². The van der Waals surface area contributed by atoms with E-state index in [1.807, 2.05) is 0 Å².